The highest BCUT2D eigenvalue weighted by atomic mass is 19.1. The Kier molecular flexibility index (Phi) is 6.02. The van der Waals surface area contributed by atoms with Gasteiger partial charge in [-0.15, -0.1) is 0 Å². The second-order valence-electron chi connectivity index (χ2n) is 7.91. The largest absolute Gasteiger partial charge is 0.457 e. The Bertz CT molecular complexity index is 1300. The van der Waals surface area contributed by atoms with Crippen molar-refractivity contribution in [3.05, 3.63) is 53.9 Å². The smallest absolute Gasteiger partial charge is 0.312 e. The minimum atomic E-state index is -1.06. The van der Waals surface area contributed by atoms with E-state index in [0.717, 1.165) is 12.3 Å². The maximum absolute atomic E-state index is 13.9. The Morgan fingerprint density at radius 2 is 1.94 bits per heavy atom. The number of aromatic nitrogens is 5. The van der Waals surface area contributed by atoms with E-state index in [2.05, 4.69) is 25.4 Å². The lowest BCUT2D eigenvalue weighted by atomic mass is 10.1. The number of carbonyl (C=O) groups is 2. The molecule has 0 spiro atoms. The number of pyridine rings is 1. The van der Waals surface area contributed by atoms with Crippen LogP contribution in [0.5, 0.6) is 0 Å². The van der Waals surface area contributed by atoms with Gasteiger partial charge < -0.3 is 10.1 Å². The fourth-order valence-corrected chi connectivity index (χ4v) is 3.32. The third kappa shape index (κ3) is 4.59. The van der Waals surface area contributed by atoms with Crippen molar-refractivity contribution in [2.45, 2.75) is 32.3 Å². The Labute approximate surface area is 192 Å². The monoisotopic (exact) mass is 467 g/mol. The molecule has 10 nitrogen and oxygen atoms in total. The van der Waals surface area contributed by atoms with Crippen molar-refractivity contribution in [1.82, 2.24) is 24.7 Å². The molecule has 0 unspecified atom stereocenters. The molecule has 1 saturated carbocycles. The van der Waals surface area contributed by atoms with Crippen molar-refractivity contribution in [2.24, 2.45) is 12.5 Å². The molecule has 0 saturated heterocycles. The van der Waals surface area contributed by atoms with Gasteiger partial charge in [-0.2, -0.15) is 14.8 Å². The first-order valence-electron chi connectivity index (χ1n) is 10.3. The lowest BCUT2D eigenvalue weighted by molar-refractivity contribution is -0.148. The summed E-state index contributed by atoms with van der Waals surface area (Å²) in [5.74, 6) is -2.51. The molecule has 0 radical (unpaired) electrons. The molecular formula is C22H19F2N7O3. The van der Waals surface area contributed by atoms with Crippen LogP contribution in [0, 0.1) is 28.5 Å². The zero-order valence-electron chi connectivity index (χ0n) is 18.2. The number of rotatable bonds is 7. The predicted molar refractivity (Wildman–Crippen MR) is 113 cm³/mol. The predicted octanol–water partition coefficient (Wildman–Crippen LogP) is 2.64. The summed E-state index contributed by atoms with van der Waals surface area (Å²) in [6.07, 6.45) is 4.75. The number of nitrogens with zero attached hydrogens (tertiary/aromatic N) is 6. The van der Waals surface area contributed by atoms with Gasteiger partial charge in [0, 0.05) is 7.05 Å². The molecule has 1 N–H and O–H groups in total. The fourth-order valence-electron chi connectivity index (χ4n) is 3.32. The van der Waals surface area contributed by atoms with Gasteiger partial charge in [-0.25, -0.2) is 19.3 Å². The number of hydrogen-bond donors (Lipinski definition) is 1. The van der Waals surface area contributed by atoms with E-state index in [1.807, 2.05) is 6.07 Å². The third-order valence-corrected chi connectivity index (χ3v) is 5.50. The van der Waals surface area contributed by atoms with E-state index < -0.39 is 35.2 Å². The molecule has 3 aromatic rings. The molecule has 1 amide bonds. The van der Waals surface area contributed by atoms with Crippen LogP contribution in [0.4, 0.5) is 14.5 Å². The Balaban J connectivity index is 1.46. The summed E-state index contributed by atoms with van der Waals surface area (Å²) in [5, 5.41) is 15.9. The van der Waals surface area contributed by atoms with E-state index in [4.69, 9.17) is 10.00 Å². The highest BCUT2D eigenvalue weighted by Crippen LogP contribution is 2.45. The Morgan fingerprint density at radius 3 is 2.59 bits per heavy atom. The van der Waals surface area contributed by atoms with E-state index in [0.29, 0.717) is 29.8 Å². The molecule has 1 aliphatic carbocycles. The molecule has 3 aromatic heterocycles. The number of nitriles is 1. The van der Waals surface area contributed by atoms with E-state index >= 15 is 0 Å². The number of anilines is 1. The van der Waals surface area contributed by atoms with Gasteiger partial charge in [0.15, 0.2) is 5.82 Å². The molecular weight excluding hydrogens is 448 g/mol. The van der Waals surface area contributed by atoms with Gasteiger partial charge in [0.2, 0.25) is 11.9 Å². The number of esters is 1. The summed E-state index contributed by atoms with van der Waals surface area (Å²) in [7, 11) is 1.62. The van der Waals surface area contributed by atoms with Gasteiger partial charge in [0.1, 0.15) is 17.3 Å². The summed E-state index contributed by atoms with van der Waals surface area (Å²) in [4.78, 5) is 36.5. The first-order chi connectivity index (χ1) is 16.2. The quantitative estimate of drug-likeness (QED) is 0.414. The fraction of sp³-hybridized carbons (Fsp3) is 0.318. The molecule has 1 fully saturated rings. The molecule has 3 heterocycles. The van der Waals surface area contributed by atoms with Gasteiger partial charge in [-0.1, -0.05) is 0 Å². The molecule has 4 rings (SSSR count). The average molecular weight is 467 g/mol. The zero-order chi connectivity index (χ0) is 24.5. The normalized spacial score (nSPS) is 14.7. The van der Waals surface area contributed by atoms with Crippen LogP contribution in [-0.2, 0) is 27.8 Å². The van der Waals surface area contributed by atoms with E-state index in [-0.39, 0.29) is 17.8 Å². The number of nitrogens with one attached hydrogen (secondary N) is 1. The molecule has 34 heavy (non-hydrogen) atoms. The summed E-state index contributed by atoms with van der Waals surface area (Å²) in [5.41, 5.74) is 0.0769. The molecule has 1 atom stereocenters. The maximum atomic E-state index is 13.9. The second-order valence-corrected chi connectivity index (χ2v) is 7.91. The van der Waals surface area contributed by atoms with Crippen LogP contribution in [0.1, 0.15) is 37.1 Å². The molecule has 174 valence electrons. The Hall–Kier alpha value is -4.27. The van der Waals surface area contributed by atoms with Crippen molar-refractivity contribution in [2.75, 3.05) is 5.32 Å². The van der Waals surface area contributed by atoms with Crippen LogP contribution in [0.25, 0.3) is 11.4 Å². The third-order valence-electron chi connectivity index (χ3n) is 5.50. The first-order valence-corrected chi connectivity index (χ1v) is 10.3. The lowest BCUT2D eigenvalue weighted by Crippen LogP contribution is -2.22. The van der Waals surface area contributed by atoms with E-state index in [9.17, 15) is 18.4 Å². The van der Waals surface area contributed by atoms with Crippen molar-refractivity contribution >= 4 is 17.6 Å². The van der Waals surface area contributed by atoms with Crippen molar-refractivity contribution in [1.29, 1.82) is 5.26 Å². The van der Waals surface area contributed by atoms with E-state index in [1.54, 1.807) is 7.05 Å². The number of carbonyl (C=O) groups excluding carboxylic acids is 2. The van der Waals surface area contributed by atoms with Crippen LogP contribution in [-0.4, -0.2) is 36.6 Å². The first kappa shape index (κ1) is 22.9. The molecule has 1 aliphatic rings. The Morgan fingerprint density at radius 1 is 1.24 bits per heavy atom. The highest BCUT2D eigenvalue weighted by Gasteiger charge is 2.50. The maximum Gasteiger partial charge on any atom is 0.312 e. The number of amides is 1. The summed E-state index contributed by atoms with van der Waals surface area (Å²) in [6.45, 7) is 1.41. The SMILES string of the molecule is C[C@@H](OC(=O)Cc1c(-c2ncc(NC(=O)C3(C#N)CC3)cn2)cnn1C)c1cc(F)cnc1F. The second kappa shape index (κ2) is 8.93. The van der Waals surface area contributed by atoms with Gasteiger partial charge in [0.25, 0.3) is 0 Å². The van der Waals surface area contributed by atoms with Gasteiger partial charge in [-0.3, -0.25) is 14.3 Å². The average Bonchev–Trinajstić information content (AvgIpc) is 3.54. The number of hydrogen-bond acceptors (Lipinski definition) is 8. The molecule has 0 aliphatic heterocycles. The van der Waals surface area contributed by atoms with Gasteiger partial charge >= 0.3 is 5.97 Å². The van der Waals surface area contributed by atoms with Crippen molar-refractivity contribution < 1.29 is 23.1 Å². The standard InChI is InChI=1S/C22H19F2N7O3/c1-12(15-5-13(23)7-26-19(15)24)34-18(32)6-17-16(10-29-31(17)2)20-27-8-14(9-28-20)30-21(33)22(11-25)3-4-22/h5,7-10,12H,3-4,6H2,1-2H3,(H,30,33)/t12-/m1/s1. The van der Waals surface area contributed by atoms with Crippen LogP contribution in [0.3, 0.4) is 0 Å². The van der Waals surface area contributed by atoms with E-state index in [1.165, 1.54) is 30.2 Å². The number of aryl methyl sites for hydroxylation is 1. The molecule has 12 heteroatoms. The van der Waals surface area contributed by atoms with Crippen LogP contribution in [0.15, 0.2) is 30.9 Å². The van der Waals surface area contributed by atoms with Gasteiger partial charge in [0.05, 0.1) is 59.8 Å². The zero-order valence-corrected chi connectivity index (χ0v) is 18.2. The highest BCUT2D eigenvalue weighted by molar-refractivity contribution is 5.99. The van der Waals surface area contributed by atoms with Crippen LogP contribution < -0.4 is 5.32 Å². The van der Waals surface area contributed by atoms with Crippen molar-refractivity contribution in [3.63, 3.8) is 0 Å². The van der Waals surface area contributed by atoms with Crippen LogP contribution in [0.2, 0.25) is 0 Å². The summed E-state index contributed by atoms with van der Waals surface area (Å²) in [6, 6.07) is 2.94. The van der Waals surface area contributed by atoms with Crippen LogP contribution >= 0.6 is 0 Å². The topological polar surface area (TPSA) is 136 Å². The summed E-state index contributed by atoms with van der Waals surface area (Å²) >= 11 is 0. The van der Waals surface area contributed by atoms with Crippen molar-refractivity contribution in [3.8, 4) is 17.5 Å². The molecule has 0 bridgehead atoms. The number of halogens is 2. The molecule has 0 aromatic carbocycles. The number of ether oxygens (including phenoxy) is 1. The minimum Gasteiger partial charge on any atom is -0.457 e. The minimum absolute atomic E-state index is 0.177. The van der Waals surface area contributed by atoms with Gasteiger partial charge in [-0.05, 0) is 25.8 Å². The lowest BCUT2D eigenvalue weighted by Gasteiger charge is -2.14. The summed E-state index contributed by atoms with van der Waals surface area (Å²) < 4.78 is 34.0.